The molecule has 3 rings (SSSR count). The number of hydrogen-bond acceptors (Lipinski definition) is 3. The van der Waals surface area contributed by atoms with Crippen molar-refractivity contribution in [3.05, 3.63) is 29.5 Å². The molecule has 1 saturated heterocycles. The van der Waals surface area contributed by atoms with Crippen molar-refractivity contribution in [3.8, 4) is 0 Å². The molecule has 17 heavy (non-hydrogen) atoms. The van der Waals surface area contributed by atoms with E-state index >= 15 is 0 Å². The molecule has 2 aromatic rings. The lowest BCUT2D eigenvalue weighted by Gasteiger charge is -2.23. The van der Waals surface area contributed by atoms with Crippen LogP contribution in [-0.2, 0) is 6.42 Å². The van der Waals surface area contributed by atoms with Crippen LogP contribution < -0.4 is 5.32 Å². The van der Waals surface area contributed by atoms with E-state index in [0.717, 1.165) is 24.2 Å². The van der Waals surface area contributed by atoms with Crippen molar-refractivity contribution in [2.24, 2.45) is 0 Å². The molecule has 90 valence electrons. The second-order valence-corrected chi connectivity index (χ2v) is 4.91. The van der Waals surface area contributed by atoms with Crippen LogP contribution >= 0.6 is 0 Å². The minimum Gasteiger partial charge on any atom is -0.356 e. The first-order valence-corrected chi connectivity index (χ1v) is 6.42. The molecule has 2 heterocycles. The van der Waals surface area contributed by atoms with Crippen molar-refractivity contribution >= 4 is 11.0 Å². The van der Waals surface area contributed by atoms with Gasteiger partial charge in [0.25, 0.3) is 0 Å². The summed E-state index contributed by atoms with van der Waals surface area (Å²) in [5.41, 5.74) is 3.28. The maximum Gasteiger partial charge on any atom is 0.167 e. The third-order valence-corrected chi connectivity index (χ3v) is 3.63. The topological polar surface area (TPSA) is 38.1 Å². The van der Waals surface area contributed by atoms with E-state index in [4.69, 9.17) is 4.52 Å². The molecule has 0 saturated carbocycles. The fraction of sp³-hybridized carbons (Fsp3) is 0.500. The Morgan fingerprint density at radius 1 is 1.41 bits per heavy atom. The average Bonchev–Trinajstić information content (AvgIpc) is 2.74. The summed E-state index contributed by atoms with van der Waals surface area (Å²) in [5.74, 6) is 0. The van der Waals surface area contributed by atoms with E-state index in [9.17, 15) is 0 Å². The number of fused-ring (bicyclic) bond motifs is 1. The van der Waals surface area contributed by atoms with Crippen LogP contribution in [0.2, 0.25) is 0 Å². The number of rotatable bonds is 2. The summed E-state index contributed by atoms with van der Waals surface area (Å²) in [5, 5.41) is 8.86. The molecule has 0 aliphatic carbocycles. The van der Waals surface area contributed by atoms with Crippen LogP contribution in [-0.4, -0.2) is 17.7 Å². The molecular weight excluding hydrogens is 212 g/mol. The minimum absolute atomic E-state index is 0.614. The molecular formula is C14H18N2O. The number of piperidine rings is 1. The molecule has 3 nitrogen and oxygen atoms in total. The van der Waals surface area contributed by atoms with Crippen LogP contribution in [0.1, 0.15) is 30.5 Å². The number of hydrogen-bond donors (Lipinski definition) is 1. The van der Waals surface area contributed by atoms with E-state index in [2.05, 4.69) is 22.6 Å². The molecule has 1 aromatic heterocycles. The van der Waals surface area contributed by atoms with Crippen molar-refractivity contribution < 1.29 is 4.52 Å². The van der Waals surface area contributed by atoms with Crippen molar-refractivity contribution in [2.75, 3.05) is 6.54 Å². The third kappa shape index (κ3) is 2.07. The smallest absolute Gasteiger partial charge is 0.167 e. The first kappa shape index (κ1) is 10.8. The van der Waals surface area contributed by atoms with Gasteiger partial charge in [-0.1, -0.05) is 23.7 Å². The zero-order chi connectivity index (χ0) is 11.7. The first-order chi connectivity index (χ1) is 8.34. The molecule has 1 fully saturated rings. The molecule has 0 spiro atoms. The molecule has 1 unspecified atom stereocenters. The molecule has 1 atom stereocenters. The van der Waals surface area contributed by atoms with Crippen molar-refractivity contribution in [2.45, 2.75) is 38.6 Å². The summed E-state index contributed by atoms with van der Waals surface area (Å²) in [6.07, 6.45) is 5.02. The van der Waals surface area contributed by atoms with E-state index in [1.54, 1.807) is 0 Å². The van der Waals surface area contributed by atoms with Gasteiger partial charge in [0.05, 0.1) is 5.69 Å². The van der Waals surface area contributed by atoms with Crippen molar-refractivity contribution in [3.63, 3.8) is 0 Å². The summed E-state index contributed by atoms with van der Waals surface area (Å²) >= 11 is 0. The van der Waals surface area contributed by atoms with Gasteiger partial charge in [-0.15, -0.1) is 0 Å². The van der Waals surface area contributed by atoms with E-state index in [1.165, 1.54) is 30.2 Å². The minimum atomic E-state index is 0.614. The Morgan fingerprint density at radius 2 is 2.35 bits per heavy atom. The zero-order valence-electron chi connectivity index (χ0n) is 10.2. The van der Waals surface area contributed by atoms with Gasteiger partial charge >= 0.3 is 0 Å². The number of benzene rings is 1. The summed E-state index contributed by atoms with van der Waals surface area (Å²) < 4.78 is 5.31. The predicted molar refractivity (Wildman–Crippen MR) is 68.1 cm³/mol. The first-order valence-electron chi connectivity index (χ1n) is 6.42. The largest absolute Gasteiger partial charge is 0.356 e. The van der Waals surface area contributed by atoms with E-state index in [0.29, 0.717) is 6.04 Å². The number of nitrogens with one attached hydrogen (secondary N) is 1. The summed E-state index contributed by atoms with van der Waals surface area (Å²) in [7, 11) is 0. The lowest BCUT2D eigenvalue weighted by atomic mass is 9.95. The summed E-state index contributed by atoms with van der Waals surface area (Å²) in [6.45, 7) is 3.17. The third-order valence-electron chi connectivity index (χ3n) is 3.63. The molecule has 1 aliphatic rings. The normalized spacial score (nSPS) is 20.9. The molecule has 1 aliphatic heterocycles. The number of nitrogens with zero attached hydrogens (tertiary/aromatic N) is 1. The van der Waals surface area contributed by atoms with Crippen LogP contribution in [0, 0.1) is 6.92 Å². The average molecular weight is 230 g/mol. The zero-order valence-corrected chi connectivity index (χ0v) is 10.2. The van der Waals surface area contributed by atoms with E-state index in [-0.39, 0.29) is 0 Å². The van der Waals surface area contributed by atoms with Gasteiger partial charge in [-0.3, -0.25) is 0 Å². The Kier molecular flexibility index (Phi) is 2.85. The van der Waals surface area contributed by atoms with Gasteiger partial charge in [0.1, 0.15) is 0 Å². The fourth-order valence-electron chi connectivity index (χ4n) is 2.76. The maximum absolute atomic E-state index is 5.31. The molecule has 0 bridgehead atoms. The van der Waals surface area contributed by atoms with Crippen LogP contribution in [0.4, 0.5) is 0 Å². The highest BCUT2D eigenvalue weighted by atomic mass is 16.5. The SMILES string of the molecule is Cc1noc2cccc(CC3CCCCN3)c12. The van der Waals surface area contributed by atoms with Crippen LogP contribution in [0.5, 0.6) is 0 Å². The van der Waals surface area contributed by atoms with Gasteiger partial charge in [-0.05, 0) is 44.4 Å². The predicted octanol–water partition coefficient (Wildman–Crippen LogP) is 2.82. The van der Waals surface area contributed by atoms with Gasteiger partial charge in [0.15, 0.2) is 5.58 Å². The van der Waals surface area contributed by atoms with Gasteiger partial charge in [-0.25, -0.2) is 0 Å². The maximum atomic E-state index is 5.31. The Bertz CT molecular complexity index is 512. The van der Waals surface area contributed by atoms with E-state index < -0.39 is 0 Å². The Hall–Kier alpha value is -1.35. The highest BCUT2D eigenvalue weighted by molar-refractivity contribution is 5.83. The van der Waals surface area contributed by atoms with Crippen LogP contribution in [0.25, 0.3) is 11.0 Å². The number of aryl methyl sites for hydroxylation is 1. The van der Waals surface area contributed by atoms with Crippen LogP contribution in [0.3, 0.4) is 0 Å². The lowest BCUT2D eigenvalue weighted by Crippen LogP contribution is -2.35. The summed E-state index contributed by atoms with van der Waals surface area (Å²) in [6, 6.07) is 6.87. The van der Waals surface area contributed by atoms with Crippen molar-refractivity contribution in [1.29, 1.82) is 0 Å². The quantitative estimate of drug-likeness (QED) is 0.862. The fourth-order valence-corrected chi connectivity index (χ4v) is 2.76. The second-order valence-electron chi connectivity index (χ2n) is 4.91. The van der Waals surface area contributed by atoms with Gasteiger partial charge in [0, 0.05) is 11.4 Å². The van der Waals surface area contributed by atoms with E-state index in [1.807, 2.05) is 13.0 Å². The molecule has 0 amide bonds. The molecule has 0 radical (unpaired) electrons. The molecule has 1 N–H and O–H groups in total. The Labute approximate surface area is 101 Å². The second kappa shape index (κ2) is 4.49. The highest BCUT2D eigenvalue weighted by Crippen LogP contribution is 2.24. The Balaban J connectivity index is 1.91. The van der Waals surface area contributed by atoms with Crippen LogP contribution in [0.15, 0.2) is 22.7 Å². The monoisotopic (exact) mass is 230 g/mol. The number of aromatic nitrogens is 1. The summed E-state index contributed by atoms with van der Waals surface area (Å²) in [4.78, 5) is 0. The van der Waals surface area contributed by atoms with Gasteiger partial charge < -0.3 is 9.84 Å². The van der Waals surface area contributed by atoms with Gasteiger partial charge in [0.2, 0.25) is 0 Å². The standard InChI is InChI=1S/C14H18N2O/c1-10-14-11(5-4-7-13(14)17-16-10)9-12-6-2-3-8-15-12/h4-5,7,12,15H,2-3,6,8-9H2,1H3. The highest BCUT2D eigenvalue weighted by Gasteiger charge is 2.16. The Morgan fingerprint density at radius 3 is 3.18 bits per heavy atom. The lowest BCUT2D eigenvalue weighted by molar-refractivity contribution is 0.400. The molecule has 1 aromatic carbocycles. The molecule has 3 heteroatoms. The van der Waals surface area contributed by atoms with Crippen molar-refractivity contribution in [1.82, 2.24) is 10.5 Å². The van der Waals surface area contributed by atoms with Gasteiger partial charge in [-0.2, -0.15) is 0 Å².